The Morgan fingerprint density at radius 1 is 1.80 bits per heavy atom. The molecule has 2 atom stereocenters. The lowest BCUT2D eigenvalue weighted by molar-refractivity contribution is 0.110. The summed E-state index contributed by atoms with van der Waals surface area (Å²) in [6, 6.07) is 0. The van der Waals surface area contributed by atoms with Crippen LogP contribution in [-0.4, -0.2) is 24.6 Å². The van der Waals surface area contributed by atoms with Gasteiger partial charge in [-0.3, -0.25) is 0 Å². The summed E-state index contributed by atoms with van der Waals surface area (Å²) in [4.78, 5) is 0. The molecule has 2 nitrogen and oxygen atoms in total. The zero-order valence-corrected chi connectivity index (χ0v) is 7.23. The van der Waals surface area contributed by atoms with Crippen LogP contribution in [0.4, 0.5) is 0 Å². The summed E-state index contributed by atoms with van der Waals surface area (Å²) in [5.41, 5.74) is 0. The maximum Gasteiger partial charge on any atom is 0.0700 e. The number of rotatable bonds is 3. The molecule has 1 saturated heterocycles. The first-order chi connectivity index (χ1) is 4.79. The van der Waals surface area contributed by atoms with E-state index in [9.17, 15) is 0 Å². The van der Waals surface area contributed by atoms with Gasteiger partial charge in [0.15, 0.2) is 0 Å². The molecule has 10 heavy (non-hydrogen) atoms. The van der Waals surface area contributed by atoms with E-state index in [0.717, 1.165) is 13.2 Å². The Balaban J connectivity index is 2.01. The predicted molar refractivity (Wildman–Crippen MR) is 45.4 cm³/mol. The molecule has 0 aromatic rings. The van der Waals surface area contributed by atoms with E-state index in [0.29, 0.717) is 6.10 Å². The fourth-order valence-corrected chi connectivity index (χ4v) is 1.21. The highest BCUT2D eigenvalue weighted by Gasteiger charge is 2.14. The number of hydrogen-bond donors (Lipinski definition) is 2. The lowest BCUT2D eigenvalue weighted by Crippen LogP contribution is -2.30. The predicted octanol–water partition coefficient (Wildman–Crippen LogP) is 1.03. The standard InChI is InChI=1S/C7H15NOS/c1-6(10)8-5-7-3-2-4-9-7/h6-8,10H,2-5H2,1H3. The molecule has 0 amide bonds. The summed E-state index contributed by atoms with van der Waals surface area (Å²) in [7, 11) is 0. The average molecular weight is 161 g/mol. The quantitative estimate of drug-likeness (QED) is 0.476. The van der Waals surface area contributed by atoms with Gasteiger partial charge in [0.05, 0.1) is 6.10 Å². The van der Waals surface area contributed by atoms with Crippen molar-refractivity contribution in [3.05, 3.63) is 0 Å². The smallest absolute Gasteiger partial charge is 0.0700 e. The molecule has 60 valence electrons. The Morgan fingerprint density at radius 3 is 3.10 bits per heavy atom. The lowest BCUT2D eigenvalue weighted by atomic mass is 10.2. The van der Waals surface area contributed by atoms with Gasteiger partial charge >= 0.3 is 0 Å². The molecule has 0 saturated carbocycles. The molecular formula is C7H15NOS. The van der Waals surface area contributed by atoms with Crippen LogP contribution in [0.2, 0.25) is 0 Å². The number of thiol groups is 1. The Bertz CT molecular complexity index is 91.6. The van der Waals surface area contributed by atoms with Gasteiger partial charge in [-0.15, -0.1) is 0 Å². The van der Waals surface area contributed by atoms with Crippen LogP contribution in [0.5, 0.6) is 0 Å². The Hall–Kier alpha value is 0.270. The molecule has 2 unspecified atom stereocenters. The molecule has 1 rings (SSSR count). The Labute approximate surface area is 67.7 Å². The summed E-state index contributed by atoms with van der Waals surface area (Å²) in [5, 5.41) is 3.51. The van der Waals surface area contributed by atoms with Crippen molar-refractivity contribution in [3.8, 4) is 0 Å². The van der Waals surface area contributed by atoms with Gasteiger partial charge in [0.25, 0.3) is 0 Å². The van der Waals surface area contributed by atoms with Crippen LogP contribution in [0.1, 0.15) is 19.8 Å². The zero-order valence-electron chi connectivity index (χ0n) is 6.34. The van der Waals surface area contributed by atoms with Crippen molar-refractivity contribution in [1.29, 1.82) is 0 Å². The highest BCUT2D eigenvalue weighted by atomic mass is 32.1. The van der Waals surface area contributed by atoms with E-state index in [4.69, 9.17) is 4.74 Å². The molecule has 1 fully saturated rings. The second kappa shape index (κ2) is 4.21. The van der Waals surface area contributed by atoms with E-state index in [2.05, 4.69) is 17.9 Å². The zero-order chi connectivity index (χ0) is 7.40. The third-order valence-corrected chi connectivity index (χ3v) is 1.85. The van der Waals surface area contributed by atoms with Crippen molar-refractivity contribution in [2.75, 3.05) is 13.2 Å². The summed E-state index contributed by atoms with van der Waals surface area (Å²) in [6.45, 7) is 3.91. The molecule has 1 aliphatic heterocycles. The maximum absolute atomic E-state index is 5.41. The van der Waals surface area contributed by atoms with Crippen LogP contribution < -0.4 is 5.32 Å². The van der Waals surface area contributed by atoms with Gasteiger partial charge in [-0.25, -0.2) is 0 Å². The molecule has 0 aliphatic carbocycles. The van der Waals surface area contributed by atoms with Crippen molar-refractivity contribution in [2.45, 2.75) is 31.2 Å². The Kier molecular flexibility index (Phi) is 3.52. The minimum absolute atomic E-state index is 0.282. The van der Waals surface area contributed by atoms with Crippen molar-refractivity contribution in [1.82, 2.24) is 5.32 Å². The summed E-state index contributed by atoms with van der Waals surface area (Å²) in [5.74, 6) is 0. The number of nitrogens with one attached hydrogen (secondary N) is 1. The van der Waals surface area contributed by atoms with E-state index in [1.807, 2.05) is 6.92 Å². The second-order valence-electron chi connectivity index (χ2n) is 2.72. The van der Waals surface area contributed by atoms with Gasteiger partial charge in [0.2, 0.25) is 0 Å². The number of ether oxygens (including phenoxy) is 1. The fraction of sp³-hybridized carbons (Fsp3) is 1.00. The van der Waals surface area contributed by atoms with Crippen molar-refractivity contribution >= 4 is 12.6 Å². The minimum Gasteiger partial charge on any atom is -0.377 e. The molecule has 0 aromatic heterocycles. The van der Waals surface area contributed by atoms with Crippen LogP contribution in [0.15, 0.2) is 0 Å². The second-order valence-corrected chi connectivity index (χ2v) is 3.49. The lowest BCUT2D eigenvalue weighted by Gasteiger charge is -2.12. The van der Waals surface area contributed by atoms with Crippen LogP contribution in [0, 0.1) is 0 Å². The summed E-state index contributed by atoms with van der Waals surface area (Å²) >= 11 is 4.20. The van der Waals surface area contributed by atoms with Crippen LogP contribution >= 0.6 is 12.6 Å². The topological polar surface area (TPSA) is 21.3 Å². The van der Waals surface area contributed by atoms with Crippen LogP contribution in [0.3, 0.4) is 0 Å². The molecule has 1 N–H and O–H groups in total. The third kappa shape index (κ3) is 2.90. The average Bonchev–Trinajstić information content (AvgIpc) is 2.34. The Morgan fingerprint density at radius 2 is 2.60 bits per heavy atom. The molecule has 0 radical (unpaired) electrons. The SMILES string of the molecule is CC(S)NCC1CCCO1. The van der Waals surface area contributed by atoms with E-state index in [1.54, 1.807) is 0 Å². The van der Waals surface area contributed by atoms with Crippen LogP contribution in [-0.2, 0) is 4.74 Å². The first-order valence-electron chi connectivity index (χ1n) is 3.82. The van der Waals surface area contributed by atoms with Crippen molar-refractivity contribution in [3.63, 3.8) is 0 Å². The molecule has 1 heterocycles. The van der Waals surface area contributed by atoms with E-state index in [-0.39, 0.29) is 5.37 Å². The molecule has 0 spiro atoms. The molecule has 0 aromatic carbocycles. The summed E-state index contributed by atoms with van der Waals surface area (Å²) < 4.78 is 5.41. The highest BCUT2D eigenvalue weighted by Crippen LogP contribution is 2.10. The molecule has 0 bridgehead atoms. The first kappa shape index (κ1) is 8.37. The van der Waals surface area contributed by atoms with E-state index < -0.39 is 0 Å². The first-order valence-corrected chi connectivity index (χ1v) is 4.34. The highest BCUT2D eigenvalue weighted by molar-refractivity contribution is 7.80. The van der Waals surface area contributed by atoms with Gasteiger partial charge in [-0.2, -0.15) is 12.6 Å². The van der Waals surface area contributed by atoms with E-state index >= 15 is 0 Å². The normalized spacial score (nSPS) is 28.8. The monoisotopic (exact) mass is 161 g/mol. The molecule has 3 heteroatoms. The number of hydrogen-bond acceptors (Lipinski definition) is 3. The van der Waals surface area contributed by atoms with Gasteiger partial charge in [0.1, 0.15) is 0 Å². The maximum atomic E-state index is 5.41. The van der Waals surface area contributed by atoms with Gasteiger partial charge in [-0.05, 0) is 19.8 Å². The summed E-state index contributed by atoms with van der Waals surface area (Å²) in [6.07, 6.45) is 2.86. The van der Waals surface area contributed by atoms with Crippen molar-refractivity contribution < 1.29 is 4.74 Å². The fourth-order valence-electron chi connectivity index (χ4n) is 1.11. The van der Waals surface area contributed by atoms with Gasteiger partial charge < -0.3 is 10.1 Å². The molecule has 1 aliphatic rings. The van der Waals surface area contributed by atoms with E-state index in [1.165, 1.54) is 12.8 Å². The van der Waals surface area contributed by atoms with Crippen molar-refractivity contribution in [2.24, 2.45) is 0 Å². The largest absolute Gasteiger partial charge is 0.377 e. The molecular weight excluding hydrogens is 146 g/mol. The minimum atomic E-state index is 0.282. The van der Waals surface area contributed by atoms with Gasteiger partial charge in [0, 0.05) is 18.5 Å². The third-order valence-electron chi connectivity index (χ3n) is 1.66. The van der Waals surface area contributed by atoms with Crippen LogP contribution in [0.25, 0.3) is 0 Å². The van der Waals surface area contributed by atoms with Gasteiger partial charge in [-0.1, -0.05) is 0 Å².